The van der Waals surface area contributed by atoms with E-state index in [1.165, 1.54) is 11.1 Å². The summed E-state index contributed by atoms with van der Waals surface area (Å²) in [5, 5.41) is 13.2. The van der Waals surface area contributed by atoms with E-state index in [1.807, 2.05) is 0 Å². The highest BCUT2D eigenvalue weighted by atomic mass is 16.3. The van der Waals surface area contributed by atoms with E-state index in [0.29, 0.717) is 11.8 Å². The lowest BCUT2D eigenvalue weighted by molar-refractivity contribution is 0.220. The van der Waals surface area contributed by atoms with Gasteiger partial charge in [0.1, 0.15) is 0 Å². The number of hydrogen-bond acceptors (Lipinski definition) is 2. The number of nitrogens with one attached hydrogen (secondary N) is 1. The third-order valence-electron chi connectivity index (χ3n) is 3.96. The molecule has 2 nitrogen and oxygen atoms in total. The van der Waals surface area contributed by atoms with Crippen molar-refractivity contribution >= 4 is 5.69 Å². The van der Waals surface area contributed by atoms with Crippen LogP contribution in [0.1, 0.15) is 32.3 Å². The number of benzene rings is 1. The minimum absolute atomic E-state index is 0.146. The zero-order valence-electron chi connectivity index (χ0n) is 12.2. The average molecular weight is 259 g/mol. The fourth-order valence-electron chi connectivity index (χ4n) is 3.16. The zero-order valence-corrected chi connectivity index (χ0v) is 12.2. The second kappa shape index (κ2) is 6.25. The van der Waals surface area contributed by atoms with Gasteiger partial charge < -0.3 is 10.4 Å². The van der Waals surface area contributed by atoms with Crippen LogP contribution in [0.2, 0.25) is 0 Å². The minimum atomic E-state index is 0.146. The number of aryl methyl sites for hydroxylation is 1. The Bertz CT molecular complexity index is 452. The molecule has 2 rings (SSSR count). The first-order valence-corrected chi connectivity index (χ1v) is 7.20. The molecule has 0 saturated carbocycles. The quantitative estimate of drug-likeness (QED) is 0.807. The van der Waals surface area contributed by atoms with E-state index in [2.05, 4.69) is 56.4 Å². The van der Waals surface area contributed by atoms with Crippen molar-refractivity contribution in [1.82, 2.24) is 0 Å². The highest BCUT2D eigenvalue weighted by Gasteiger charge is 2.25. The maximum absolute atomic E-state index is 9.70. The van der Waals surface area contributed by atoms with Gasteiger partial charge in [0.05, 0.1) is 12.6 Å². The van der Waals surface area contributed by atoms with Crippen LogP contribution in [0.5, 0.6) is 0 Å². The van der Waals surface area contributed by atoms with E-state index in [9.17, 15) is 5.11 Å². The van der Waals surface area contributed by atoms with Gasteiger partial charge in [-0.05, 0) is 56.2 Å². The smallest absolute Gasteiger partial charge is 0.0635 e. The molecular formula is C17H25NO. The number of aliphatic hydroxyl groups is 1. The first-order valence-electron chi connectivity index (χ1n) is 7.20. The van der Waals surface area contributed by atoms with Crippen molar-refractivity contribution in [3.63, 3.8) is 0 Å². The average Bonchev–Trinajstić information content (AvgIpc) is 2.34. The fraction of sp³-hybridized carbons (Fsp3) is 0.529. The van der Waals surface area contributed by atoms with Crippen molar-refractivity contribution in [1.29, 1.82) is 0 Å². The largest absolute Gasteiger partial charge is 0.394 e. The van der Waals surface area contributed by atoms with Crippen molar-refractivity contribution in [2.45, 2.75) is 39.7 Å². The maximum atomic E-state index is 9.70. The van der Waals surface area contributed by atoms with E-state index in [0.717, 1.165) is 18.5 Å². The van der Waals surface area contributed by atoms with Gasteiger partial charge in [-0.15, -0.1) is 0 Å². The molecule has 0 saturated heterocycles. The molecule has 1 aromatic rings. The van der Waals surface area contributed by atoms with E-state index < -0.39 is 0 Å². The lowest BCUT2D eigenvalue weighted by atomic mass is 9.79. The molecule has 0 bridgehead atoms. The monoisotopic (exact) mass is 259 g/mol. The predicted octanol–water partition coefficient (Wildman–Crippen LogP) is 3.76. The fourth-order valence-corrected chi connectivity index (χ4v) is 3.16. The molecule has 0 spiro atoms. The maximum Gasteiger partial charge on any atom is 0.0635 e. The number of rotatable bonds is 4. The molecule has 0 aliphatic heterocycles. The van der Waals surface area contributed by atoms with Gasteiger partial charge in [0.2, 0.25) is 0 Å². The summed E-state index contributed by atoms with van der Waals surface area (Å²) in [6.07, 6.45) is 4.60. The van der Waals surface area contributed by atoms with Crippen molar-refractivity contribution in [3.8, 4) is 0 Å². The molecule has 0 heterocycles. The zero-order chi connectivity index (χ0) is 13.8. The lowest BCUT2D eigenvalue weighted by Crippen LogP contribution is -2.35. The molecule has 2 N–H and O–H groups in total. The molecule has 3 atom stereocenters. The highest BCUT2D eigenvalue weighted by molar-refractivity contribution is 5.46. The van der Waals surface area contributed by atoms with Gasteiger partial charge in [0.15, 0.2) is 0 Å². The van der Waals surface area contributed by atoms with Crippen LogP contribution >= 0.6 is 0 Å². The van der Waals surface area contributed by atoms with Gasteiger partial charge in [0, 0.05) is 5.69 Å². The Hall–Kier alpha value is -1.28. The van der Waals surface area contributed by atoms with Crippen LogP contribution in [0.3, 0.4) is 0 Å². The molecule has 2 heteroatoms. The Labute approximate surface area is 116 Å². The summed E-state index contributed by atoms with van der Waals surface area (Å²) in [6.45, 7) is 6.74. The van der Waals surface area contributed by atoms with Crippen LogP contribution in [0, 0.1) is 18.8 Å². The summed E-state index contributed by atoms with van der Waals surface area (Å²) in [7, 11) is 0. The molecule has 1 aliphatic rings. The summed E-state index contributed by atoms with van der Waals surface area (Å²) in [5.74, 6) is 1.14. The summed E-state index contributed by atoms with van der Waals surface area (Å²) >= 11 is 0. The molecule has 0 aromatic heterocycles. The Morgan fingerprint density at radius 2 is 2.16 bits per heavy atom. The number of hydrogen-bond donors (Lipinski definition) is 2. The Kier molecular flexibility index (Phi) is 4.65. The SMILES string of the molecule is CC1=CC(C)CC(C(CO)Nc2cccc(C)c2)C1. The second-order valence-electron chi connectivity index (χ2n) is 5.99. The van der Waals surface area contributed by atoms with Gasteiger partial charge in [-0.1, -0.05) is 30.7 Å². The van der Waals surface area contributed by atoms with Crippen molar-refractivity contribution in [2.75, 3.05) is 11.9 Å². The van der Waals surface area contributed by atoms with E-state index in [1.54, 1.807) is 0 Å². The van der Waals surface area contributed by atoms with Gasteiger partial charge in [-0.3, -0.25) is 0 Å². The highest BCUT2D eigenvalue weighted by Crippen LogP contribution is 2.31. The number of anilines is 1. The lowest BCUT2D eigenvalue weighted by Gasteiger charge is -2.32. The molecule has 0 radical (unpaired) electrons. The number of aliphatic hydroxyl groups excluding tert-OH is 1. The first-order chi connectivity index (χ1) is 9.08. The van der Waals surface area contributed by atoms with Gasteiger partial charge in [-0.2, -0.15) is 0 Å². The first kappa shape index (κ1) is 14.1. The third-order valence-corrected chi connectivity index (χ3v) is 3.96. The molecule has 1 aromatic carbocycles. The van der Waals surface area contributed by atoms with Gasteiger partial charge in [-0.25, -0.2) is 0 Å². The van der Waals surface area contributed by atoms with Crippen molar-refractivity contribution in [2.24, 2.45) is 11.8 Å². The van der Waals surface area contributed by atoms with Gasteiger partial charge in [0.25, 0.3) is 0 Å². The van der Waals surface area contributed by atoms with Crippen molar-refractivity contribution < 1.29 is 5.11 Å². The number of allylic oxidation sites excluding steroid dienone is 2. The Morgan fingerprint density at radius 1 is 1.37 bits per heavy atom. The van der Waals surface area contributed by atoms with Crippen LogP contribution in [0.15, 0.2) is 35.9 Å². The summed E-state index contributed by atoms with van der Waals surface area (Å²) in [5.41, 5.74) is 3.81. The molecule has 19 heavy (non-hydrogen) atoms. The Morgan fingerprint density at radius 3 is 2.79 bits per heavy atom. The molecule has 0 fully saturated rings. The van der Waals surface area contributed by atoms with E-state index in [-0.39, 0.29) is 12.6 Å². The molecule has 104 valence electrons. The van der Waals surface area contributed by atoms with E-state index in [4.69, 9.17) is 0 Å². The minimum Gasteiger partial charge on any atom is -0.394 e. The van der Waals surface area contributed by atoms with Crippen molar-refractivity contribution in [3.05, 3.63) is 41.5 Å². The summed E-state index contributed by atoms with van der Waals surface area (Å²) < 4.78 is 0. The van der Waals surface area contributed by atoms with Crippen LogP contribution in [0.4, 0.5) is 5.69 Å². The predicted molar refractivity (Wildman–Crippen MR) is 81.3 cm³/mol. The Balaban J connectivity index is 2.06. The molecular weight excluding hydrogens is 234 g/mol. The normalized spacial score (nSPS) is 24.7. The van der Waals surface area contributed by atoms with Crippen LogP contribution in [0.25, 0.3) is 0 Å². The van der Waals surface area contributed by atoms with E-state index >= 15 is 0 Å². The summed E-state index contributed by atoms with van der Waals surface area (Å²) in [6, 6.07) is 8.51. The third kappa shape index (κ3) is 3.84. The second-order valence-corrected chi connectivity index (χ2v) is 5.99. The standard InChI is InChI=1S/C17H25NO/c1-12-5-4-6-16(10-12)18-17(11-19)15-8-13(2)7-14(3)9-15/h4-7,10,13,15,17-19H,8-9,11H2,1-3H3. The van der Waals surface area contributed by atoms with Crippen LogP contribution in [-0.2, 0) is 0 Å². The molecule has 3 unspecified atom stereocenters. The topological polar surface area (TPSA) is 32.3 Å². The molecule has 0 amide bonds. The molecule has 1 aliphatic carbocycles. The van der Waals surface area contributed by atoms with Crippen LogP contribution < -0.4 is 5.32 Å². The summed E-state index contributed by atoms with van der Waals surface area (Å²) in [4.78, 5) is 0. The van der Waals surface area contributed by atoms with Gasteiger partial charge >= 0.3 is 0 Å². The van der Waals surface area contributed by atoms with Crippen LogP contribution in [-0.4, -0.2) is 17.8 Å².